The van der Waals surface area contributed by atoms with Crippen LogP contribution in [0.4, 0.5) is 0 Å². The van der Waals surface area contributed by atoms with E-state index < -0.39 is 86.3 Å². The minimum absolute atomic E-state index is 0.573. The van der Waals surface area contributed by atoms with Crippen molar-refractivity contribution in [1.29, 1.82) is 0 Å². The second-order valence-corrected chi connectivity index (χ2v) is 11.7. The topological polar surface area (TPSA) is 207 Å². The molecule has 2 fully saturated rings. The van der Waals surface area contributed by atoms with Gasteiger partial charge in [-0.1, -0.05) is 64.9 Å². The maximum Gasteiger partial charge on any atom is 0.244 e. The summed E-state index contributed by atoms with van der Waals surface area (Å²) in [5.74, 6) is -0.403. The van der Waals surface area contributed by atoms with Crippen molar-refractivity contribution in [2.24, 2.45) is 5.92 Å². The van der Waals surface area contributed by atoms with Gasteiger partial charge in [0.25, 0.3) is 0 Å². The van der Waals surface area contributed by atoms with Gasteiger partial charge in [0.1, 0.15) is 48.7 Å². The molecule has 13 nitrogen and oxygen atoms in total. The summed E-state index contributed by atoms with van der Waals surface area (Å²) >= 11 is 0. The molecular formula is C29H52N2O11. The molecule has 8 N–H and O–H groups in total. The van der Waals surface area contributed by atoms with Crippen molar-refractivity contribution in [2.75, 3.05) is 13.2 Å². The van der Waals surface area contributed by atoms with Crippen LogP contribution < -0.4 is 10.6 Å². The van der Waals surface area contributed by atoms with Gasteiger partial charge in [-0.3, -0.25) is 9.59 Å². The van der Waals surface area contributed by atoms with Gasteiger partial charge in [-0.05, 0) is 24.8 Å². The number of unbranched alkanes of at least 4 members (excludes halogenated alkanes) is 7. The lowest BCUT2D eigenvalue weighted by Crippen LogP contribution is -2.68. The quantitative estimate of drug-likeness (QED) is 0.0791. The molecule has 0 aromatic heterocycles. The average molecular weight is 605 g/mol. The van der Waals surface area contributed by atoms with E-state index in [0.717, 1.165) is 25.2 Å². The van der Waals surface area contributed by atoms with Crippen molar-refractivity contribution in [1.82, 2.24) is 10.6 Å². The average Bonchev–Trinajstić information content (AvgIpc) is 2.94. The van der Waals surface area contributed by atoms with Crippen LogP contribution in [0.15, 0.2) is 12.2 Å². The Kier molecular flexibility index (Phi) is 16.4. The number of hydrogen-bond donors (Lipinski definition) is 8. The van der Waals surface area contributed by atoms with Gasteiger partial charge < -0.3 is 55.5 Å². The highest BCUT2D eigenvalue weighted by Crippen LogP contribution is 2.28. The summed E-state index contributed by atoms with van der Waals surface area (Å²) in [6, 6.07) is -2.65. The van der Waals surface area contributed by atoms with Crippen molar-refractivity contribution in [2.45, 2.75) is 140 Å². The number of nitrogens with one attached hydrogen (secondary N) is 2. The van der Waals surface area contributed by atoms with E-state index in [4.69, 9.17) is 14.2 Å². The minimum atomic E-state index is -1.62. The monoisotopic (exact) mass is 604 g/mol. The van der Waals surface area contributed by atoms with Gasteiger partial charge in [0, 0.05) is 6.92 Å². The lowest BCUT2D eigenvalue weighted by Gasteiger charge is -2.47. The smallest absolute Gasteiger partial charge is 0.244 e. The molecule has 0 aliphatic carbocycles. The van der Waals surface area contributed by atoms with E-state index >= 15 is 0 Å². The van der Waals surface area contributed by atoms with Crippen molar-refractivity contribution in [3.05, 3.63) is 12.2 Å². The Labute approximate surface area is 248 Å². The number of aliphatic hydroxyl groups excluding tert-OH is 6. The molecule has 0 saturated carbocycles. The summed E-state index contributed by atoms with van der Waals surface area (Å²) in [5.41, 5.74) is 0. The summed E-state index contributed by atoms with van der Waals surface area (Å²) in [4.78, 5) is 24.4. The number of hydrogen-bond acceptors (Lipinski definition) is 11. The van der Waals surface area contributed by atoms with E-state index in [1.165, 1.54) is 45.1 Å². The molecule has 13 heteroatoms. The first-order chi connectivity index (χ1) is 20.0. The van der Waals surface area contributed by atoms with Crippen LogP contribution in [0, 0.1) is 5.92 Å². The molecule has 0 aromatic carbocycles. The molecule has 2 aliphatic rings. The summed E-state index contributed by atoms with van der Waals surface area (Å²) in [5, 5.41) is 66.1. The number of amides is 2. The Morgan fingerprint density at radius 1 is 0.762 bits per heavy atom. The Morgan fingerprint density at radius 3 is 1.71 bits per heavy atom. The van der Waals surface area contributed by atoms with Gasteiger partial charge in [0.05, 0.1) is 13.2 Å². The third-order valence-corrected chi connectivity index (χ3v) is 7.63. The lowest BCUT2D eigenvalue weighted by atomic mass is 9.95. The largest absolute Gasteiger partial charge is 0.394 e. The molecule has 244 valence electrons. The van der Waals surface area contributed by atoms with E-state index in [2.05, 4.69) is 24.5 Å². The van der Waals surface area contributed by atoms with E-state index in [0.29, 0.717) is 6.42 Å². The zero-order valence-electron chi connectivity index (χ0n) is 25.0. The predicted molar refractivity (Wildman–Crippen MR) is 152 cm³/mol. The summed E-state index contributed by atoms with van der Waals surface area (Å²) in [6.07, 6.45) is 1.20. The molecule has 0 radical (unpaired) electrons. The van der Waals surface area contributed by atoms with Gasteiger partial charge in [-0.25, -0.2) is 0 Å². The van der Waals surface area contributed by atoms with Crippen LogP contribution in [0.1, 0.15) is 78.6 Å². The predicted octanol–water partition coefficient (Wildman–Crippen LogP) is -0.406. The zero-order valence-corrected chi connectivity index (χ0v) is 25.0. The maximum atomic E-state index is 12.7. The second-order valence-electron chi connectivity index (χ2n) is 11.7. The van der Waals surface area contributed by atoms with Crippen molar-refractivity contribution in [3.63, 3.8) is 0 Å². The number of rotatable bonds is 17. The fourth-order valence-electron chi connectivity index (χ4n) is 5.17. The fourth-order valence-corrected chi connectivity index (χ4v) is 5.17. The number of allylic oxidation sites excluding steroid dienone is 1. The molecule has 0 spiro atoms. The van der Waals surface area contributed by atoms with Crippen LogP contribution in [-0.2, 0) is 23.8 Å². The maximum absolute atomic E-state index is 12.7. The first-order valence-electron chi connectivity index (χ1n) is 15.1. The molecular weight excluding hydrogens is 552 g/mol. The van der Waals surface area contributed by atoms with E-state index in [-0.39, 0.29) is 0 Å². The van der Waals surface area contributed by atoms with Gasteiger partial charge in [0.2, 0.25) is 11.8 Å². The van der Waals surface area contributed by atoms with Crippen LogP contribution in [0.2, 0.25) is 0 Å². The third kappa shape index (κ3) is 11.4. The van der Waals surface area contributed by atoms with E-state index in [9.17, 15) is 40.2 Å². The van der Waals surface area contributed by atoms with Crippen LogP contribution in [0.3, 0.4) is 0 Å². The van der Waals surface area contributed by atoms with Crippen molar-refractivity contribution >= 4 is 11.8 Å². The standard InChI is InChI=1S/C29H52N2O11/c1-17(2)13-11-9-7-5-4-6-8-10-12-14-21(35)31-23-27(39)25(37)20(16-33)41-29(23)42-28-22(30-18(3)34)26(38)24(36)19(15-32)40-28/h12,14,17,19-20,22-29,32-33,36-39H,4-11,13,15-16H2,1-3H3,(H,30,34)(H,31,35)/b14-12+/t19-,20-,22-,23-,24-,25+,26-,27-,28-,29+/m1/s1. The Balaban J connectivity index is 1.96. The Morgan fingerprint density at radius 2 is 1.24 bits per heavy atom. The zero-order chi connectivity index (χ0) is 31.2. The SMILES string of the molecule is CC(=O)N[C@H]1[C@@H](O[C@@H]2O[C@H](CO)[C@H](O)[C@H](O)[C@H]2NC(=O)/C=C/CCCCCCCCCC(C)C)O[C@H](CO)[C@@H](O)[C@@H]1O. The Hall–Kier alpha value is -1.68. The molecule has 10 atom stereocenters. The minimum Gasteiger partial charge on any atom is -0.394 e. The van der Waals surface area contributed by atoms with E-state index in [1.807, 2.05) is 0 Å². The van der Waals surface area contributed by atoms with Crippen LogP contribution >= 0.6 is 0 Å². The molecule has 2 amide bonds. The number of carbonyl (C=O) groups excluding carboxylic acids is 2. The van der Waals surface area contributed by atoms with E-state index in [1.54, 1.807) is 6.08 Å². The molecule has 0 aromatic rings. The Bertz CT molecular complexity index is 829. The normalized spacial score (nSPS) is 33.7. The summed E-state index contributed by atoms with van der Waals surface area (Å²) in [6.45, 7) is 4.30. The number of carbonyl (C=O) groups is 2. The van der Waals surface area contributed by atoms with Gasteiger partial charge in [-0.2, -0.15) is 0 Å². The first-order valence-corrected chi connectivity index (χ1v) is 15.1. The van der Waals surface area contributed by atoms with Crippen LogP contribution in [0.25, 0.3) is 0 Å². The number of ether oxygens (including phenoxy) is 3. The molecule has 2 rings (SSSR count). The molecule has 2 heterocycles. The van der Waals surface area contributed by atoms with Crippen LogP contribution in [0.5, 0.6) is 0 Å². The highest BCUT2D eigenvalue weighted by atomic mass is 16.8. The molecule has 0 unspecified atom stereocenters. The van der Waals surface area contributed by atoms with Crippen molar-refractivity contribution < 1.29 is 54.4 Å². The van der Waals surface area contributed by atoms with Gasteiger partial charge >= 0.3 is 0 Å². The molecule has 2 saturated heterocycles. The first kappa shape index (κ1) is 36.5. The lowest BCUT2D eigenvalue weighted by molar-refractivity contribution is -0.346. The highest BCUT2D eigenvalue weighted by molar-refractivity contribution is 5.87. The fraction of sp³-hybridized carbons (Fsp3) is 0.862. The molecule has 0 bridgehead atoms. The molecule has 42 heavy (non-hydrogen) atoms. The van der Waals surface area contributed by atoms with Crippen LogP contribution in [-0.4, -0.2) is 117 Å². The highest BCUT2D eigenvalue weighted by Gasteiger charge is 2.50. The summed E-state index contributed by atoms with van der Waals surface area (Å²) in [7, 11) is 0. The van der Waals surface area contributed by atoms with Crippen molar-refractivity contribution in [3.8, 4) is 0 Å². The third-order valence-electron chi connectivity index (χ3n) is 7.63. The summed E-state index contributed by atoms with van der Waals surface area (Å²) < 4.78 is 17.0. The van der Waals surface area contributed by atoms with Gasteiger partial charge in [-0.15, -0.1) is 0 Å². The molecule has 2 aliphatic heterocycles. The second kappa shape index (κ2) is 18.9. The van der Waals surface area contributed by atoms with Gasteiger partial charge in [0.15, 0.2) is 12.6 Å². The number of aliphatic hydroxyl groups is 6.